The average Bonchev–Trinajstić information content (AvgIpc) is 3.33. The highest BCUT2D eigenvalue weighted by Gasteiger charge is 2.11. The summed E-state index contributed by atoms with van der Waals surface area (Å²) in [6, 6.07) is 24.2. The Bertz CT molecular complexity index is 1540. The topological polar surface area (TPSA) is 23.8 Å². The van der Waals surface area contributed by atoms with Crippen LogP contribution >= 0.6 is 22.7 Å². The van der Waals surface area contributed by atoms with Gasteiger partial charge in [-0.15, -0.1) is 22.7 Å². The lowest BCUT2D eigenvalue weighted by molar-refractivity contribution is 1.52. The summed E-state index contributed by atoms with van der Waals surface area (Å²) in [6.45, 7) is 0. The van der Waals surface area contributed by atoms with Crippen LogP contribution in [0.15, 0.2) is 66.0 Å². The molecule has 0 amide bonds. The van der Waals surface area contributed by atoms with Crippen molar-refractivity contribution in [1.82, 2.24) is 0 Å². The number of rotatable bonds is 0. The van der Waals surface area contributed by atoms with Crippen LogP contribution in [0.1, 0.15) is 4.88 Å². The van der Waals surface area contributed by atoms with Crippen molar-refractivity contribution < 1.29 is 0 Å². The first-order valence-electron chi connectivity index (χ1n) is 8.41. The second-order valence-corrected chi connectivity index (χ2v) is 8.50. The van der Waals surface area contributed by atoms with Gasteiger partial charge in [0.05, 0.1) is 0 Å². The van der Waals surface area contributed by atoms with E-state index in [0.29, 0.717) is 0 Å². The minimum absolute atomic E-state index is 0.770. The Kier molecular flexibility index (Phi) is 2.77. The van der Waals surface area contributed by atoms with Crippen LogP contribution in [0.25, 0.3) is 52.5 Å². The average molecular weight is 365 g/mol. The number of hydrogen-bond donors (Lipinski definition) is 0. The summed E-state index contributed by atoms with van der Waals surface area (Å²) in [5, 5.41) is 21.6. The predicted octanol–water partition coefficient (Wildman–Crippen LogP) is 7.45. The molecule has 26 heavy (non-hydrogen) atoms. The molecule has 120 valence electrons. The Balaban J connectivity index is 1.80. The molecule has 0 saturated carbocycles. The molecular formula is C23H11NS2. The molecule has 0 bridgehead atoms. The molecule has 2 heterocycles. The zero-order chi connectivity index (χ0) is 17.3. The quantitative estimate of drug-likeness (QED) is 0.256. The van der Waals surface area contributed by atoms with Gasteiger partial charge in [-0.3, -0.25) is 0 Å². The Labute approximate surface area is 157 Å². The maximum absolute atomic E-state index is 9.23. The molecule has 0 radical (unpaired) electrons. The van der Waals surface area contributed by atoms with E-state index >= 15 is 0 Å². The molecule has 0 aliphatic heterocycles. The number of thiophene rings is 2. The van der Waals surface area contributed by atoms with Gasteiger partial charge in [0, 0.05) is 20.2 Å². The molecule has 4 aromatic carbocycles. The number of nitrogens with zero attached hydrogens (tertiary/aromatic N) is 1. The Morgan fingerprint density at radius 1 is 0.615 bits per heavy atom. The van der Waals surface area contributed by atoms with Crippen molar-refractivity contribution in [3.05, 3.63) is 70.9 Å². The van der Waals surface area contributed by atoms with Gasteiger partial charge >= 0.3 is 0 Å². The third-order valence-corrected chi connectivity index (χ3v) is 7.25. The lowest BCUT2D eigenvalue weighted by Crippen LogP contribution is -1.81. The van der Waals surface area contributed by atoms with Gasteiger partial charge in [0.1, 0.15) is 10.9 Å². The largest absolute Gasteiger partial charge is 0.192 e. The van der Waals surface area contributed by atoms with Gasteiger partial charge in [0.15, 0.2) is 0 Å². The highest BCUT2D eigenvalue weighted by Crippen LogP contribution is 2.39. The standard InChI is InChI=1S/C23H11NS2/c24-12-15-11-14-2-4-19-17-5-7-20-18(3-1-13-9-10-25-22(13)20)16(17)6-8-21(19)23(14)26-15/h1-11H. The van der Waals surface area contributed by atoms with Gasteiger partial charge in [-0.05, 0) is 49.8 Å². The van der Waals surface area contributed by atoms with Gasteiger partial charge in [-0.1, -0.05) is 48.5 Å². The number of hydrogen-bond acceptors (Lipinski definition) is 3. The van der Waals surface area contributed by atoms with Crippen LogP contribution in [0.3, 0.4) is 0 Å². The number of benzene rings is 4. The third kappa shape index (κ3) is 1.78. The van der Waals surface area contributed by atoms with Crippen LogP contribution in [-0.2, 0) is 0 Å². The molecule has 0 spiro atoms. The second kappa shape index (κ2) is 5.04. The van der Waals surface area contributed by atoms with Crippen LogP contribution in [0.4, 0.5) is 0 Å². The number of nitriles is 1. The molecule has 0 fully saturated rings. The third-order valence-electron chi connectivity index (χ3n) is 5.20. The molecule has 2 aromatic heterocycles. The van der Waals surface area contributed by atoms with E-state index in [2.05, 4.69) is 66.0 Å². The van der Waals surface area contributed by atoms with Crippen molar-refractivity contribution in [3.63, 3.8) is 0 Å². The van der Waals surface area contributed by atoms with Crippen molar-refractivity contribution in [1.29, 1.82) is 5.26 Å². The summed E-state index contributed by atoms with van der Waals surface area (Å²) in [4.78, 5) is 0.770. The van der Waals surface area contributed by atoms with Gasteiger partial charge in [0.25, 0.3) is 0 Å². The van der Waals surface area contributed by atoms with E-state index in [4.69, 9.17) is 0 Å². The molecule has 6 rings (SSSR count). The molecule has 0 aliphatic rings. The monoisotopic (exact) mass is 365 g/mol. The van der Waals surface area contributed by atoms with Crippen molar-refractivity contribution in [2.75, 3.05) is 0 Å². The van der Waals surface area contributed by atoms with E-state index in [-0.39, 0.29) is 0 Å². The fraction of sp³-hybridized carbons (Fsp3) is 0. The first kappa shape index (κ1) is 14.3. The lowest BCUT2D eigenvalue weighted by atomic mass is 9.96. The normalized spacial score (nSPS) is 11.8. The maximum atomic E-state index is 9.23. The molecule has 0 atom stereocenters. The fourth-order valence-electron chi connectivity index (χ4n) is 4.02. The Morgan fingerprint density at radius 2 is 1.19 bits per heavy atom. The van der Waals surface area contributed by atoms with Crippen LogP contribution in [0.5, 0.6) is 0 Å². The minimum atomic E-state index is 0.770. The van der Waals surface area contributed by atoms with Gasteiger partial charge < -0.3 is 0 Å². The Hall–Kier alpha value is -2.93. The second-order valence-electron chi connectivity index (χ2n) is 6.53. The Morgan fingerprint density at radius 3 is 1.92 bits per heavy atom. The number of fused-ring (bicyclic) bond motifs is 9. The lowest BCUT2D eigenvalue weighted by Gasteiger charge is -2.09. The van der Waals surface area contributed by atoms with Crippen LogP contribution in [0.2, 0.25) is 0 Å². The molecule has 0 N–H and O–H groups in total. The summed E-state index contributed by atoms with van der Waals surface area (Å²) >= 11 is 3.39. The first-order chi connectivity index (χ1) is 12.8. The van der Waals surface area contributed by atoms with Crippen molar-refractivity contribution in [2.24, 2.45) is 0 Å². The van der Waals surface area contributed by atoms with Crippen molar-refractivity contribution >= 4 is 75.2 Å². The fourth-order valence-corrected chi connectivity index (χ4v) is 5.93. The van der Waals surface area contributed by atoms with E-state index in [1.807, 2.05) is 17.4 Å². The molecule has 1 nitrogen and oxygen atoms in total. The predicted molar refractivity (Wildman–Crippen MR) is 114 cm³/mol. The molecule has 6 aromatic rings. The summed E-state index contributed by atoms with van der Waals surface area (Å²) in [6.07, 6.45) is 0. The molecule has 0 saturated heterocycles. The van der Waals surface area contributed by atoms with Crippen LogP contribution in [0, 0.1) is 11.3 Å². The maximum Gasteiger partial charge on any atom is 0.110 e. The van der Waals surface area contributed by atoms with Gasteiger partial charge in [-0.2, -0.15) is 5.26 Å². The summed E-state index contributed by atoms with van der Waals surface area (Å²) in [7, 11) is 0. The highest BCUT2D eigenvalue weighted by atomic mass is 32.1. The zero-order valence-corrected chi connectivity index (χ0v) is 15.2. The molecule has 0 unspecified atom stereocenters. The summed E-state index contributed by atoms with van der Waals surface area (Å²) in [5.74, 6) is 0. The van der Waals surface area contributed by atoms with Gasteiger partial charge in [-0.25, -0.2) is 0 Å². The SMILES string of the molecule is N#Cc1cc2ccc3c4ccc5c(ccc6ccsc65)c4ccc3c2s1. The first-order valence-corrected chi connectivity index (χ1v) is 10.1. The molecule has 3 heteroatoms. The smallest absolute Gasteiger partial charge is 0.110 e. The van der Waals surface area contributed by atoms with Crippen molar-refractivity contribution in [3.8, 4) is 6.07 Å². The molecule has 0 aliphatic carbocycles. The van der Waals surface area contributed by atoms with E-state index in [9.17, 15) is 5.26 Å². The zero-order valence-electron chi connectivity index (χ0n) is 13.6. The highest BCUT2D eigenvalue weighted by molar-refractivity contribution is 7.20. The summed E-state index contributed by atoms with van der Waals surface area (Å²) < 4.78 is 2.56. The minimum Gasteiger partial charge on any atom is -0.192 e. The van der Waals surface area contributed by atoms with E-state index in [1.165, 1.54) is 47.1 Å². The van der Waals surface area contributed by atoms with Gasteiger partial charge in [0.2, 0.25) is 0 Å². The van der Waals surface area contributed by atoms with E-state index in [1.54, 1.807) is 11.3 Å². The van der Waals surface area contributed by atoms with E-state index < -0.39 is 0 Å². The van der Waals surface area contributed by atoms with Crippen LogP contribution in [-0.4, -0.2) is 0 Å². The van der Waals surface area contributed by atoms with E-state index in [0.717, 1.165) is 10.3 Å². The summed E-state index contributed by atoms with van der Waals surface area (Å²) in [5.41, 5.74) is 0. The van der Waals surface area contributed by atoms with Crippen LogP contribution < -0.4 is 0 Å². The molecular weight excluding hydrogens is 354 g/mol. The van der Waals surface area contributed by atoms with Crippen molar-refractivity contribution in [2.45, 2.75) is 0 Å².